The normalized spacial score (nSPS) is 11.5. The first-order valence-electron chi connectivity index (χ1n) is 12.9. The molecular weight excluding hydrogens is 617 g/mol. The van der Waals surface area contributed by atoms with Gasteiger partial charge in [-0.05, 0) is 49.2 Å². The Balaban J connectivity index is 1.28. The number of carboxylic acid groups (broad SMARTS) is 2. The molecule has 17 heteroatoms. The molecule has 0 spiro atoms. The van der Waals surface area contributed by atoms with Gasteiger partial charge < -0.3 is 37.6 Å². The molecule has 9 N–H and O–H groups in total. The summed E-state index contributed by atoms with van der Waals surface area (Å²) < 4.78 is 0. The minimum Gasteiger partial charge on any atom is -0.480 e. The van der Waals surface area contributed by atoms with E-state index in [9.17, 15) is 29.4 Å². The summed E-state index contributed by atoms with van der Waals surface area (Å²) in [5.41, 5.74) is 12.9. The molecule has 2 heterocycles. The Hall–Kier alpha value is -5.28. The predicted octanol–water partition coefficient (Wildman–Crippen LogP) is 2.59. The van der Waals surface area contributed by atoms with E-state index in [-0.39, 0.29) is 70.1 Å². The van der Waals surface area contributed by atoms with Crippen LogP contribution < -0.4 is 27.4 Å². The maximum atomic E-state index is 12.7. The molecule has 4 aromatic rings. The van der Waals surface area contributed by atoms with Crippen molar-refractivity contribution in [3.05, 3.63) is 75.0 Å². The third-order valence-corrected chi connectivity index (χ3v) is 6.94. The van der Waals surface area contributed by atoms with E-state index in [2.05, 4.69) is 35.9 Å². The minimum atomic E-state index is -1.36. The smallest absolute Gasteiger partial charge is 0.336 e. The van der Waals surface area contributed by atoms with Gasteiger partial charge in [-0.1, -0.05) is 23.2 Å². The molecule has 2 aromatic heterocycles. The van der Waals surface area contributed by atoms with Crippen LogP contribution in [-0.4, -0.2) is 66.5 Å². The van der Waals surface area contributed by atoms with Crippen LogP contribution in [0.2, 0.25) is 10.0 Å². The molecule has 0 aliphatic rings. The van der Waals surface area contributed by atoms with Gasteiger partial charge in [0.2, 0.25) is 5.95 Å². The van der Waals surface area contributed by atoms with Gasteiger partial charge in [-0.25, -0.2) is 19.6 Å². The van der Waals surface area contributed by atoms with Gasteiger partial charge >= 0.3 is 11.9 Å². The summed E-state index contributed by atoms with van der Waals surface area (Å²) in [5, 5.41) is 27.0. The largest absolute Gasteiger partial charge is 0.480 e. The first-order chi connectivity index (χ1) is 20.9. The lowest BCUT2D eigenvalue weighted by Crippen LogP contribution is -2.41. The fourth-order valence-electron chi connectivity index (χ4n) is 4.01. The number of nitrogens with two attached hydrogens (primary N) is 2. The topological polar surface area (TPSA) is 248 Å². The number of aromatic nitrogens is 4. The first kappa shape index (κ1) is 31.7. The number of aliphatic carboxylic acids is 1. The number of rotatable bonds is 12. The Morgan fingerprint density at radius 3 is 2.25 bits per heavy atom. The Kier molecular flexibility index (Phi) is 9.92. The lowest BCUT2D eigenvalue weighted by molar-refractivity contribution is -0.139. The second-order valence-corrected chi connectivity index (χ2v) is 10.1. The van der Waals surface area contributed by atoms with Gasteiger partial charge in [0, 0.05) is 17.8 Å². The van der Waals surface area contributed by atoms with Crippen molar-refractivity contribution >= 4 is 75.6 Å². The van der Waals surface area contributed by atoms with Crippen LogP contribution >= 0.6 is 23.2 Å². The Morgan fingerprint density at radius 2 is 1.59 bits per heavy atom. The number of hydrogen-bond acceptors (Lipinski definition) is 11. The SMILES string of the molecule is Nc1nc(N)c2nc(CNc3ccc(C(=O)N[C@@H](CCCNC(=O)c4cc(Cl)c(Cl)cc4C(=O)O)C(=O)O)cc3)cnc2n1. The van der Waals surface area contributed by atoms with Crippen LogP contribution in [0, 0.1) is 0 Å². The van der Waals surface area contributed by atoms with Gasteiger partial charge in [0.05, 0.1) is 39.6 Å². The Morgan fingerprint density at radius 1 is 0.909 bits per heavy atom. The van der Waals surface area contributed by atoms with Crippen LogP contribution in [-0.2, 0) is 11.3 Å². The average Bonchev–Trinajstić information content (AvgIpc) is 2.98. The number of aromatic carboxylic acids is 1. The Bertz CT molecular complexity index is 1750. The third-order valence-electron chi connectivity index (χ3n) is 6.22. The van der Waals surface area contributed by atoms with Gasteiger partial charge in [-0.2, -0.15) is 9.97 Å². The molecule has 0 radical (unpaired) electrons. The number of nitrogens with one attached hydrogen (secondary N) is 3. The monoisotopic (exact) mass is 641 g/mol. The summed E-state index contributed by atoms with van der Waals surface area (Å²) in [6.45, 7) is 0.284. The molecule has 0 unspecified atom stereocenters. The summed E-state index contributed by atoms with van der Waals surface area (Å²) >= 11 is 11.8. The van der Waals surface area contributed by atoms with Gasteiger partial charge in [0.25, 0.3) is 11.8 Å². The number of carbonyl (C=O) groups excluding carboxylic acids is 2. The number of nitrogens with zero attached hydrogens (tertiary/aromatic N) is 4. The summed E-state index contributed by atoms with van der Waals surface area (Å²) in [4.78, 5) is 64.9. The second-order valence-electron chi connectivity index (χ2n) is 9.31. The predicted molar refractivity (Wildman–Crippen MR) is 162 cm³/mol. The minimum absolute atomic E-state index is 0.00331. The summed E-state index contributed by atoms with van der Waals surface area (Å²) in [6.07, 6.45) is 1.67. The van der Waals surface area contributed by atoms with E-state index in [1.54, 1.807) is 12.1 Å². The lowest BCUT2D eigenvalue weighted by Gasteiger charge is -2.15. The zero-order valence-electron chi connectivity index (χ0n) is 22.7. The zero-order chi connectivity index (χ0) is 32.0. The van der Waals surface area contributed by atoms with Crippen molar-refractivity contribution in [2.75, 3.05) is 23.3 Å². The van der Waals surface area contributed by atoms with E-state index in [4.69, 9.17) is 34.7 Å². The van der Waals surface area contributed by atoms with Crippen molar-refractivity contribution < 1.29 is 29.4 Å². The molecule has 2 amide bonds. The number of carboxylic acids is 2. The molecule has 0 aliphatic carbocycles. The van der Waals surface area contributed by atoms with E-state index in [1.807, 2.05) is 0 Å². The third kappa shape index (κ3) is 7.76. The fraction of sp³-hybridized carbons (Fsp3) is 0.185. The summed E-state index contributed by atoms with van der Waals surface area (Å²) in [5.74, 6) is -3.84. The molecule has 228 valence electrons. The van der Waals surface area contributed by atoms with E-state index < -0.39 is 29.8 Å². The number of hydrogen-bond donors (Lipinski definition) is 7. The van der Waals surface area contributed by atoms with Crippen LogP contribution in [0.15, 0.2) is 42.6 Å². The molecule has 0 saturated carbocycles. The average molecular weight is 642 g/mol. The standard InChI is InChI=1S/C27H25Cl2N9O6/c28-17-8-15(16(25(41)42)9-18(17)29)24(40)32-7-1-2-19(26(43)44)36-23(39)12-3-5-13(6-4-12)33-10-14-11-34-22-20(35-14)21(30)37-27(31)38-22/h3-6,8-9,11,19,33H,1-2,7,10H2,(H,32,40)(H,36,39)(H,41,42)(H,43,44)(H4,30,31,34,37,38)/t19-/m0/s1. The molecule has 0 saturated heterocycles. The van der Waals surface area contributed by atoms with Crippen molar-refractivity contribution in [1.29, 1.82) is 0 Å². The molecule has 2 aromatic carbocycles. The first-order valence-corrected chi connectivity index (χ1v) is 13.6. The molecule has 4 rings (SSSR count). The number of carbonyl (C=O) groups is 4. The van der Waals surface area contributed by atoms with Gasteiger partial charge in [0.15, 0.2) is 17.0 Å². The second kappa shape index (κ2) is 13.8. The number of nitrogen functional groups attached to an aromatic ring is 2. The highest BCUT2D eigenvalue weighted by Crippen LogP contribution is 2.26. The molecule has 0 aliphatic heterocycles. The van der Waals surface area contributed by atoms with Crippen LogP contribution in [0.3, 0.4) is 0 Å². The maximum Gasteiger partial charge on any atom is 0.336 e. The van der Waals surface area contributed by atoms with Crippen LogP contribution in [0.1, 0.15) is 49.6 Å². The number of anilines is 3. The number of fused-ring (bicyclic) bond motifs is 1. The molecule has 1 atom stereocenters. The van der Waals surface area contributed by atoms with Crippen molar-refractivity contribution in [3.63, 3.8) is 0 Å². The lowest BCUT2D eigenvalue weighted by atomic mass is 10.1. The van der Waals surface area contributed by atoms with Gasteiger partial charge in [-0.3, -0.25) is 9.59 Å². The molecule has 0 bridgehead atoms. The molecule has 0 fully saturated rings. The maximum absolute atomic E-state index is 12.7. The van der Waals surface area contributed by atoms with Crippen molar-refractivity contribution in [3.8, 4) is 0 Å². The number of amides is 2. The van der Waals surface area contributed by atoms with E-state index in [0.717, 1.165) is 12.1 Å². The van der Waals surface area contributed by atoms with Crippen LogP contribution in [0.25, 0.3) is 11.2 Å². The summed E-state index contributed by atoms with van der Waals surface area (Å²) in [6, 6.07) is 7.30. The highest BCUT2D eigenvalue weighted by Gasteiger charge is 2.22. The van der Waals surface area contributed by atoms with E-state index in [1.165, 1.54) is 18.3 Å². The highest BCUT2D eigenvalue weighted by atomic mass is 35.5. The number of benzene rings is 2. The zero-order valence-corrected chi connectivity index (χ0v) is 24.2. The molecule has 44 heavy (non-hydrogen) atoms. The van der Waals surface area contributed by atoms with Gasteiger partial charge in [0.1, 0.15) is 6.04 Å². The van der Waals surface area contributed by atoms with E-state index in [0.29, 0.717) is 16.9 Å². The summed E-state index contributed by atoms with van der Waals surface area (Å²) in [7, 11) is 0. The number of halogens is 2. The fourth-order valence-corrected chi connectivity index (χ4v) is 4.34. The molecular formula is C27H25Cl2N9O6. The van der Waals surface area contributed by atoms with Crippen molar-refractivity contribution in [2.24, 2.45) is 0 Å². The van der Waals surface area contributed by atoms with Gasteiger partial charge in [-0.15, -0.1) is 0 Å². The van der Waals surface area contributed by atoms with Crippen molar-refractivity contribution in [2.45, 2.75) is 25.4 Å². The molecule has 15 nitrogen and oxygen atoms in total. The Labute approximate surface area is 259 Å². The highest BCUT2D eigenvalue weighted by molar-refractivity contribution is 6.42. The van der Waals surface area contributed by atoms with E-state index >= 15 is 0 Å². The van der Waals surface area contributed by atoms with Crippen molar-refractivity contribution in [1.82, 2.24) is 30.6 Å². The van der Waals surface area contributed by atoms with Crippen LogP contribution in [0.5, 0.6) is 0 Å². The van der Waals surface area contributed by atoms with Crippen LogP contribution in [0.4, 0.5) is 17.5 Å². The quantitative estimate of drug-likeness (QED) is 0.110.